The molecule has 0 aliphatic carbocycles. The predicted octanol–water partition coefficient (Wildman–Crippen LogP) is 1.29. The lowest BCUT2D eigenvalue weighted by atomic mass is 10.2. The molecule has 2 unspecified atom stereocenters. The Bertz CT molecular complexity index is 157. The molecule has 0 spiro atoms. The van der Waals surface area contributed by atoms with Crippen LogP contribution in [0.3, 0.4) is 0 Å². The molecule has 0 bridgehead atoms. The molecule has 1 fully saturated rings. The average molecular weight is 189 g/mol. The van der Waals surface area contributed by atoms with Crippen LogP contribution in [0.25, 0.3) is 0 Å². The first kappa shape index (κ1) is 9.86. The fourth-order valence-electron chi connectivity index (χ4n) is 1.22. The minimum atomic E-state index is -0.763. The molecule has 0 saturated carbocycles. The summed E-state index contributed by atoms with van der Waals surface area (Å²) in [6.07, 6.45) is 3.59. The number of carboxylic acid groups (broad SMARTS) is 1. The molecule has 0 aromatic carbocycles. The Kier molecular flexibility index (Phi) is 3.88. The van der Waals surface area contributed by atoms with Crippen molar-refractivity contribution in [1.29, 1.82) is 0 Å². The van der Waals surface area contributed by atoms with Crippen molar-refractivity contribution in [2.24, 2.45) is 0 Å². The molecule has 0 amide bonds. The highest BCUT2D eigenvalue weighted by atomic mass is 32.2. The van der Waals surface area contributed by atoms with E-state index in [4.69, 9.17) is 5.11 Å². The Morgan fingerprint density at radius 2 is 2.42 bits per heavy atom. The molecule has 0 aromatic heterocycles. The number of thioether (sulfide) groups is 1. The minimum absolute atomic E-state index is 0.352. The maximum absolute atomic E-state index is 10.5. The summed E-state index contributed by atoms with van der Waals surface area (Å²) in [4.78, 5) is 10.5. The number of hydrogen-bond acceptors (Lipinski definition) is 3. The molecule has 1 aliphatic rings. The minimum Gasteiger partial charge on any atom is -0.480 e. The summed E-state index contributed by atoms with van der Waals surface area (Å²) in [5.41, 5.74) is 0. The van der Waals surface area contributed by atoms with Crippen LogP contribution in [0.15, 0.2) is 0 Å². The van der Waals surface area contributed by atoms with Gasteiger partial charge in [-0.1, -0.05) is 6.42 Å². The van der Waals surface area contributed by atoms with Crippen LogP contribution in [0.2, 0.25) is 0 Å². The zero-order chi connectivity index (χ0) is 8.97. The van der Waals surface area contributed by atoms with Crippen LogP contribution in [0, 0.1) is 0 Å². The third-order valence-corrected chi connectivity index (χ3v) is 3.28. The first-order valence-electron chi connectivity index (χ1n) is 4.30. The van der Waals surface area contributed by atoms with Gasteiger partial charge in [-0.2, -0.15) is 0 Å². The van der Waals surface area contributed by atoms with E-state index in [1.807, 2.05) is 11.8 Å². The third-order valence-electron chi connectivity index (χ3n) is 1.99. The van der Waals surface area contributed by atoms with E-state index in [9.17, 15) is 4.79 Å². The highest BCUT2D eigenvalue weighted by Crippen LogP contribution is 2.23. The molecule has 70 valence electrons. The summed E-state index contributed by atoms with van der Waals surface area (Å²) in [5.74, 6) is 0.394. The Hall–Kier alpha value is -0.220. The molecule has 12 heavy (non-hydrogen) atoms. The van der Waals surface area contributed by atoms with Crippen molar-refractivity contribution in [3.05, 3.63) is 0 Å². The van der Waals surface area contributed by atoms with E-state index in [1.165, 1.54) is 12.8 Å². The Morgan fingerprint density at radius 1 is 1.67 bits per heavy atom. The fourth-order valence-corrected chi connectivity index (χ4v) is 2.51. The first-order chi connectivity index (χ1) is 5.70. The van der Waals surface area contributed by atoms with Gasteiger partial charge in [0.15, 0.2) is 0 Å². The second-order valence-electron chi connectivity index (χ2n) is 3.08. The topological polar surface area (TPSA) is 49.3 Å². The number of aliphatic carboxylic acids is 1. The molecule has 2 atom stereocenters. The van der Waals surface area contributed by atoms with Gasteiger partial charge in [-0.25, -0.2) is 0 Å². The van der Waals surface area contributed by atoms with E-state index in [2.05, 4.69) is 5.32 Å². The van der Waals surface area contributed by atoms with Crippen LogP contribution >= 0.6 is 11.8 Å². The molecule has 3 nitrogen and oxygen atoms in total. The van der Waals surface area contributed by atoms with Gasteiger partial charge < -0.3 is 5.11 Å². The van der Waals surface area contributed by atoms with E-state index in [0.717, 1.165) is 12.2 Å². The van der Waals surface area contributed by atoms with Gasteiger partial charge in [-0.15, -0.1) is 11.8 Å². The number of rotatable bonds is 3. The standard InChI is InChI=1S/C8H15NO2S/c1-6(8(10)11)9-7-4-2-3-5-12-7/h6-7,9H,2-5H2,1H3,(H,10,11). The van der Waals surface area contributed by atoms with Crippen molar-refractivity contribution < 1.29 is 9.90 Å². The van der Waals surface area contributed by atoms with Crippen molar-refractivity contribution in [2.75, 3.05) is 5.75 Å². The SMILES string of the molecule is CC(NC1CCCCS1)C(=O)O. The van der Waals surface area contributed by atoms with Gasteiger partial charge in [0.2, 0.25) is 0 Å². The number of hydrogen-bond donors (Lipinski definition) is 2. The summed E-state index contributed by atoms with van der Waals surface area (Å²) >= 11 is 1.83. The molecule has 1 rings (SSSR count). The Morgan fingerprint density at radius 3 is 2.92 bits per heavy atom. The summed E-state index contributed by atoms with van der Waals surface area (Å²) in [6.45, 7) is 1.69. The lowest BCUT2D eigenvalue weighted by Crippen LogP contribution is -2.40. The highest BCUT2D eigenvalue weighted by Gasteiger charge is 2.18. The van der Waals surface area contributed by atoms with Gasteiger partial charge in [0.25, 0.3) is 0 Å². The summed E-state index contributed by atoms with van der Waals surface area (Å²) in [5, 5.41) is 12.1. The second-order valence-corrected chi connectivity index (χ2v) is 4.39. The fraction of sp³-hybridized carbons (Fsp3) is 0.875. The average Bonchev–Trinajstić information content (AvgIpc) is 2.06. The van der Waals surface area contributed by atoms with E-state index in [1.54, 1.807) is 6.92 Å². The Balaban J connectivity index is 2.24. The molecule has 1 heterocycles. The molecule has 4 heteroatoms. The van der Waals surface area contributed by atoms with Crippen LogP contribution in [0.4, 0.5) is 0 Å². The molecular weight excluding hydrogens is 174 g/mol. The summed E-state index contributed by atoms with van der Waals surface area (Å²) < 4.78 is 0. The molecule has 1 aliphatic heterocycles. The van der Waals surface area contributed by atoms with Gasteiger partial charge >= 0.3 is 5.97 Å². The molecule has 0 radical (unpaired) electrons. The summed E-state index contributed by atoms with van der Waals surface area (Å²) in [7, 11) is 0. The van der Waals surface area contributed by atoms with Crippen LogP contribution in [-0.4, -0.2) is 28.2 Å². The Labute approximate surface area is 76.9 Å². The van der Waals surface area contributed by atoms with Gasteiger partial charge in [0, 0.05) is 0 Å². The maximum Gasteiger partial charge on any atom is 0.320 e. The highest BCUT2D eigenvalue weighted by molar-refractivity contribution is 7.99. The smallest absolute Gasteiger partial charge is 0.320 e. The zero-order valence-corrected chi connectivity index (χ0v) is 8.06. The predicted molar refractivity (Wildman–Crippen MR) is 50.3 cm³/mol. The van der Waals surface area contributed by atoms with E-state index in [0.29, 0.717) is 5.37 Å². The lowest BCUT2D eigenvalue weighted by Gasteiger charge is -2.24. The largest absolute Gasteiger partial charge is 0.480 e. The monoisotopic (exact) mass is 189 g/mol. The van der Waals surface area contributed by atoms with E-state index in [-0.39, 0.29) is 0 Å². The molecule has 0 aromatic rings. The lowest BCUT2D eigenvalue weighted by molar-refractivity contribution is -0.139. The van der Waals surface area contributed by atoms with Crippen LogP contribution in [0.1, 0.15) is 26.2 Å². The molecule has 2 N–H and O–H groups in total. The van der Waals surface area contributed by atoms with Crippen LogP contribution < -0.4 is 5.32 Å². The number of carbonyl (C=O) groups is 1. The number of carboxylic acids is 1. The van der Waals surface area contributed by atoms with Gasteiger partial charge in [-0.3, -0.25) is 10.1 Å². The number of nitrogens with one attached hydrogen (secondary N) is 1. The van der Waals surface area contributed by atoms with Gasteiger partial charge in [-0.05, 0) is 25.5 Å². The van der Waals surface area contributed by atoms with Gasteiger partial charge in [0.05, 0.1) is 5.37 Å². The zero-order valence-electron chi connectivity index (χ0n) is 7.25. The van der Waals surface area contributed by atoms with Crippen LogP contribution in [0.5, 0.6) is 0 Å². The summed E-state index contributed by atoms with van der Waals surface area (Å²) in [6, 6.07) is -0.416. The van der Waals surface area contributed by atoms with Crippen molar-refractivity contribution in [1.82, 2.24) is 5.32 Å². The first-order valence-corrected chi connectivity index (χ1v) is 5.35. The van der Waals surface area contributed by atoms with Crippen molar-refractivity contribution >= 4 is 17.7 Å². The van der Waals surface area contributed by atoms with Crippen molar-refractivity contribution in [3.8, 4) is 0 Å². The van der Waals surface area contributed by atoms with Crippen LogP contribution in [-0.2, 0) is 4.79 Å². The maximum atomic E-state index is 10.5. The third kappa shape index (κ3) is 3.03. The van der Waals surface area contributed by atoms with Crippen molar-refractivity contribution in [2.45, 2.75) is 37.6 Å². The molecule has 1 saturated heterocycles. The normalized spacial score (nSPS) is 26.6. The van der Waals surface area contributed by atoms with E-state index >= 15 is 0 Å². The molecular formula is C8H15NO2S. The van der Waals surface area contributed by atoms with Gasteiger partial charge in [0.1, 0.15) is 6.04 Å². The van der Waals surface area contributed by atoms with Crippen molar-refractivity contribution in [3.63, 3.8) is 0 Å². The van der Waals surface area contributed by atoms with E-state index < -0.39 is 12.0 Å². The second kappa shape index (κ2) is 4.72. The quantitative estimate of drug-likeness (QED) is 0.702.